The fourth-order valence-corrected chi connectivity index (χ4v) is 4.62. The number of ketones is 1. The number of hydrogen-bond donors (Lipinski definition) is 1. The van der Waals surface area contributed by atoms with Gasteiger partial charge in [0, 0.05) is 25.6 Å². The third-order valence-corrected chi connectivity index (χ3v) is 6.55. The quantitative estimate of drug-likeness (QED) is 0.411. The molecule has 3 aromatic rings. The molecule has 1 aromatic carbocycles. The molecule has 6 nitrogen and oxygen atoms in total. The second-order valence-corrected chi connectivity index (χ2v) is 9.21. The molecule has 1 N–H and O–H groups in total. The number of nitrogens with zero attached hydrogens (tertiary/aromatic N) is 3. The number of amides is 1. The van der Waals surface area contributed by atoms with E-state index in [1.807, 2.05) is 10.6 Å². The van der Waals surface area contributed by atoms with Crippen LogP contribution in [-0.2, 0) is 11.2 Å². The number of benzene rings is 1. The van der Waals surface area contributed by atoms with E-state index < -0.39 is 0 Å². The third-order valence-electron chi connectivity index (χ3n) is 4.35. The first-order chi connectivity index (χ1) is 13.8. The largest absolute Gasteiger partial charge is 0.356 e. The van der Waals surface area contributed by atoms with Crippen molar-refractivity contribution in [2.75, 3.05) is 12.3 Å². The van der Waals surface area contributed by atoms with Crippen LogP contribution in [0.1, 0.15) is 33.5 Å². The summed E-state index contributed by atoms with van der Waals surface area (Å²) in [7, 11) is 0. The average Bonchev–Trinajstić information content (AvgIpc) is 3.28. The summed E-state index contributed by atoms with van der Waals surface area (Å²) in [6, 6.07) is 9.60. The molecule has 0 aliphatic heterocycles. The van der Waals surface area contributed by atoms with Gasteiger partial charge in [0.2, 0.25) is 5.91 Å². The second kappa shape index (κ2) is 9.56. The number of thiophene rings is 1. The molecule has 0 fully saturated rings. The highest BCUT2D eigenvalue weighted by Gasteiger charge is 2.17. The maximum Gasteiger partial charge on any atom is 0.216 e. The van der Waals surface area contributed by atoms with Crippen molar-refractivity contribution in [3.63, 3.8) is 0 Å². The van der Waals surface area contributed by atoms with Crippen molar-refractivity contribution >= 4 is 46.4 Å². The van der Waals surface area contributed by atoms with E-state index >= 15 is 0 Å². The number of nitrogens with one attached hydrogen (secondary N) is 1. The Labute approximate surface area is 182 Å². The molecular formula is C20H21ClN4O2S2. The second-order valence-electron chi connectivity index (χ2n) is 6.55. The molecule has 0 aliphatic carbocycles. The molecule has 0 unspecified atom stereocenters. The lowest BCUT2D eigenvalue weighted by molar-refractivity contribution is -0.118. The van der Waals surface area contributed by atoms with Crippen LogP contribution < -0.4 is 5.32 Å². The van der Waals surface area contributed by atoms with Crippen molar-refractivity contribution in [2.45, 2.75) is 32.3 Å². The first-order valence-electron chi connectivity index (χ1n) is 9.03. The van der Waals surface area contributed by atoms with Gasteiger partial charge in [-0.1, -0.05) is 29.4 Å². The van der Waals surface area contributed by atoms with Gasteiger partial charge in [-0.05, 0) is 49.2 Å². The highest BCUT2D eigenvalue weighted by atomic mass is 35.5. The van der Waals surface area contributed by atoms with Gasteiger partial charge < -0.3 is 5.32 Å². The SMILES string of the molecule is CC(=O)NCCc1nnc(SCC(=O)c2ccc(Cl)s2)n1-c1ccc(C)c(C)c1. The molecule has 1 amide bonds. The summed E-state index contributed by atoms with van der Waals surface area (Å²) >= 11 is 8.55. The van der Waals surface area contributed by atoms with Crippen LogP contribution in [0.5, 0.6) is 0 Å². The Morgan fingerprint density at radius 1 is 1.17 bits per heavy atom. The first kappa shape index (κ1) is 21.5. The maximum atomic E-state index is 12.5. The van der Waals surface area contributed by atoms with Gasteiger partial charge in [0.25, 0.3) is 0 Å². The summed E-state index contributed by atoms with van der Waals surface area (Å²) < 4.78 is 2.55. The maximum absolute atomic E-state index is 12.5. The van der Waals surface area contributed by atoms with Gasteiger partial charge in [-0.3, -0.25) is 14.2 Å². The lowest BCUT2D eigenvalue weighted by atomic mass is 10.1. The van der Waals surface area contributed by atoms with Gasteiger partial charge in [-0.15, -0.1) is 21.5 Å². The van der Waals surface area contributed by atoms with Crippen LogP contribution in [0.25, 0.3) is 5.69 Å². The minimum atomic E-state index is -0.0861. The normalized spacial score (nSPS) is 10.9. The standard InChI is InChI=1S/C20H21ClN4O2S2/c1-12-4-5-15(10-13(12)2)25-19(8-9-22-14(3)26)23-24-20(25)28-11-16(27)17-6-7-18(21)29-17/h4-7,10H,8-9,11H2,1-3H3,(H,22,26). The van der Waals surface area contributed by atoms with Crippen LogP contribution in [0.3, 0.4) is 0 Å². The van der Waals surface area contributed by atoms with Crippen LogP contribution in [-0.4, -0.2) is 38.8 Å². The molecule has 0 atom stereocenters. The summed E-state index contributed by atoms with van der Waals surface area (Å²) in [5.74, 6) is 0.889. The van der Waals surface area contributed by atoms with Gasteiger partial charge in [-0.2, -0.15) is 0 Å². The smallest absolute Gasteiger partial charge is 0.216 e. The predicted molar refractivity (Wildman–Crippen MR) is 118 cm³/mol. The molecule has 2 aromatic heterocycles. The van der Waals surface area contributed by atoms with Crippen LogP contribution >= 0.6 is 34.7 Å². The predicted octanol–water partition coefficient (Wildman–Crippen LogP) is 4.25. The molecule has 2 heterocycles. The molecule has 0 aliphatic rings. The zero-order chi connectivity index (χ0) is 21.0. The zero-order valence-electron chi connectivity index (χ0n) is 16.4. The van der Waals surface area contributed by atoms with E-state index in [9.17, 15) is 9.59 Å². The number of carbonyl (C=O) groups is 2. The number of hydrogen-bond acceptors (Lipinski definition) is 6. The van der Waals surface area contributed by atoms with E-state index in [1.54, 1.807) is 12.1 Å². The van der Waals surface area contributed by atoms with E-state index in [0.29, 0.717) is 27.3 Å². The van der Waals surface area contributed by atoms with Crippen LogP contribution in [0.4, 0.5) is 0 Å². The molecular weight excluding hydrogens is 428 g/mol. The molecule has 0 saturated carbocycles. The number of thioether (sulfide) groups is 1. The van der Waals surface area contributed by atoms with E-state index in [-0.39, 0.29) is 17.4 Å². The summed E-state index contributed by atoms with van der Waals surface area (Å²) in [5, 5.41) is 12.0. The first-order valence-corrected chi connectivity index (χ1v) is 11.2. The third kappa shape index (κ3) is 5.46. The molecule has 0 spiro atoms. The lowest BCUT2D eigenvalue weighted by Gasteiger charge is -2.12. The molecule has 0 radical (unpaired) electrons. The Morgan fingerprint density at radius 2 is 1.97 bits per heavy atom. The summed E-state index contributed by atoms with van der Waals surface area (Å²) in [5.41, 5.74) is 3.29. The van der Waals surface area contributed by atoms with Gasteiger partial charge in [0.1, 0.15) is 5.82 Å². The molecule has 0 bridgehead atoms. The number of aromatic nitrogens is 3. The van der Waals surface area contributed by atoms with Crippen molar-refractivity contribution in [1.82, 2.24) is 20.1 Å². The monoisotopic (exact) mass is 448 g/mol. The Kier molecular flexibility index (Phi) is 7.10. The minimum Gasteiger partial charge on any atom is -0.356 e. The van der Waals surface area contributed by atoms with Crippen molar-refractivity contribution in [3.8, 4) is 5.69 Å². The lowest BCUT2D eigenvalue weighted by Crippen LogP contribution is -2.23. The fraction of sp³-hybridized carbons (Fsp3) is 0.300. The number of rotatable bonds is 8. The van der Waals surface area contributed by atoms with Gasteiger partial charge in [-0.25, -0.2) is 0 Å². The molecule has 9 heteroatoms. The number of aryl methyl sites for hydroxylation is 2. The van der Waals surface area contributed by atoms with Gasteiger partial charge in [0.15, 0.2) is 10.9 Å². The average molecular weight is 449 g/mol. The Morgan fingerprint density at radius 3 is 2.62 bits per heavy atom. The molecule has 0 saturated heterocycles. The van der Waals surface area contributed by atoms with Crippen LogP contribution in [0, 0.1) is 13.8 Å². The number of Topliss-reactive ketones (excluding diaryl/α,β-unsaturated/α-hetero) is 1. The minimum absolute atomic E-state index is 0.00123. The fourth-order valence-electron chi connectivity index (χ4n) is 2.70. The van der Waals surface area contributed by atoms with E-state index in [0.717, 1.165) is 17.1 Å². The van der Waals surface area contributed by atoms with Gasteiger partial charge in [0.05, 0.1) is 15.0 Å². The van der Waals surface area contributed by atoms with Crippen molar-refractivity contribution in [2.24, 2.45) is 0 Å². The summed E-state index contributed by atoms with van der Waals surface area (Å²) in [6.07, 6.45) is 0.536. The molecule has 3 rings (SSSR count). The van der Waals surface area contributed by atoms with Crippen LogP contribution in [0.2, 0.25) is 4.34 Å². The van der Waals surface area contributed by atoms with Crippen molar-refractivity contribution < 1.29 is 9.59 Å². The number of carbonyl (C=O) groups excluding carboxylic acids is 2. The molecule has 152 valence electrons. The topological polar surface area (TPSA) is 76.9 Å². The van der Waals surface area contributed by atoms with Crippen molar-refractivity contribution in [3.05, 3.63) is 56.5 Å². The summed E-state index contributed by atoms with van der Waals surface area (Å²) in [4.78, 5) is 24.3. The Hall–Kier alpha value is -2.16. The van der Waals surface area contributed by atoms with Crippen molar-refractivity contribution in [1.29, 1.82) is 0 Å². The van der Waals surface area contributed by atoms with E-state index in [1.165, 1.54) is 35.6 Å². The van der Waals surface area contributed by atoms with Crippen LogP contribution in [0.15, 0.2) is 35.5 Å². The highest BCUT2D eigenvalue weighted by Crippen LogP contribution is 2.27. The Bertz CT molecular complexity index is 1050. The van der Waals surface area contributed by atoms with E-state index in [2.05, 4.69) is 41.5 Å². The van der Waals surface area contributed by atoms with Gasteiger partial charge >= 0.3 is 0 Å². The highest BCUT2D eigenvalue weighted by molar-refractivity contribution is 7.99. The zero-order valence-corrected chi connectivity index (χ0v) is 18.7. The van der Waals surface area contributed by atoms with E-state index in [4.69, 9.17) is 11.6 Å². The Balaban J connectivity index is 1.85. The molecule has 29 heavy (non-hydrogen) atoms. The summed E-state index contributed by atoms with van der Waals surface area (Å²) in [6.45, 7) is 6.06. The number of halogens is 1.